The van der Waals surface area contributed by atoms with Crippen LogP contribution < -0.4 is 10.1 Å². The molecule has 160 valence electrons. The van der Waals surface area contributed by atoms with Crippen molar-refractivity contribution < 1.29 is 9.53 Å². The lowest BCUT2D eigenvalue weighted by molar-refractivity contribution is 0.0635. The molecule has 1 amide bonds. The van der Waals surface area contributed by atoms with Crippen LogP contribution in [0.3, 0.4) is 0 Å². The Morgan fingerprint density at radius 2 is 1.97 bits per heavy atom. The number of ether oxygens (including phenoxy) is 1. The summed E-state index contributed by atoms with van der Waals surface area (Å²) in [5, 5.41) is 4.16. The highest BCUT2D eigenvalue weighted by Crippen LogP contribution is 2.33. The number of methoxy groups -OCH3 is 1. The predicted molar refractivity (Wildman–Crippen MR) is 124 cm³/mol. The van der Waals surface area contributed by atoms with E-state index in [9.17, 15) is 4.79 Å². The highest BCUT2D eigenvalue weighted by Gasteiger charge is 2.32. The molecule has 3 heterocycles. The zero-order valence-corrected chi connectivity index (χ0v) is 19.1. The van der Waals surface area contributed by atoms with Gasteiger partial charge >= 0.3 is 0 Å². The third-order valence-electron chi connectivity index (χ3n) is 4.88. The molecule has 1 aliphatic heterocycles. The van der Waals surface area contributed by atoms with Crippen LogP contribution in [0, 0.1) is 6.92 Å². The van der Waals surface area contributed by atoms with Gasteiger partial charge in [0, 0.05) is 31.4 Å². The van der Waals surface area contributed by atoms with E-state index >= 15 is 0 Å². The number of carbonyl (C=O) groups excluding carboxylic acids is 1. The van der Waals surface area contributed by atoms with Crippen molar-refractivity contribution >= 4 is 42.1 Å². The summed E-state index contributed by atoms with van der Waals surface area (Å²) in [6, 6.07) is 13.5. The van der Waals surface area contributed by atoms with E-state index in [1.165, 1.54) is 11.3 Å². The van der Waals surface area contributed by atoms with Crippen LogP contribution >= 0.6 is 36.2 Å². The number of para-hydroxylation sites is 1. The monoisotopic (exact) mass is 466 g/mol. The van der Waals surface area contributed by atoms with Crippen LogP contribution in [-0.4, -0.2) is 47.5 Å². The number of benzene rings is 1. The van der Waals surface area contributed by atoms with Crippen LogP contribution in [0.25, 0.3) is 10.7 Å². The number of piperazine rings is 1. The number of hydrogen-bond donors (Lipinski definition) is 1. The second-order valence-corrected chi connectivity index (χ2v) is 7.61. The van der Waals surface area contributed by atoms with Crippen LogP contribution in [-0.2, 0) is 0 Å². The van der Waals surface area contributed by atoms with E-state index < -0.39 is 0 Å². The van der Waals surface area contributed by atoms with Crippen molar-refractivity contribution in [3.8, 4) is 16.5 Å². The van der Waals surface area contributed by atoms with Gasteiger partial charge in [-0.2, -0.15) is 0 Å². The van der Waals surface area contributed by atoms with Crippen molar-refractivity contribution in [3.63, 3.8) is 0 Å². The maximum atomic E-state index is 13.5. The van der Waals surface area contributed by atoms with Gasteiger partial charge in [-0.05, 0) is 25.1 Å². The molecule has 9 heteroatoms. The molecule has 1 saturated heterocycles. The smallest absolute Gasteiger partial charge is 0.266 e. The lowest BCUT2D eigenvalue weighted by Gasteiger charge is -2.37. The van der Waals surface area contributed by atoms with Gasteiger partial charge in [-0.15, -0.1) is 36.2 Å². The first kappa shape index (κ1) is 24.1. The van der Waals surface area contributed by atoms with Crippen molar-refractivity contribution in [3.05, 3.63) is 64.8 Å². The molecule has 2 aromatic heterocycles. The molecule has 30 heavy (non-hydrogen) atoms. The normalized spacial score (nSPS) is 15.7. The van der Waals surface area contributed by atoms with E-state index in [0.29, 0.717) is 18.0 Å². The molecule has 1 aromatic carbocycles. The number of rotatable bonds is 4. The van der Waals surface area contributed by atoms with E-state index in [1.807, 2.05) is 54.3 Å². The zero-order valence-electron chi connectivity index (χ0n) is 16.7. The van der Waals surface area contributed by atoms with Crippen molar-refractivity contribution in [1.29, 1.82) is 0 Å². The van der Waals surface area contributed by atoms with Crippen LogP contribution in [0.15, 0.2) is 48.7 Å². The first-order valence-electron chi connectivity index (χ1n) is 9.22. The summed E-state index contributed by atoms with van der Waals surface area (Å²) in [5.41, 5.74) is 2.54. The molecular weight excluding hydrogens is 443 g/mol. The number of halogens is 2. The van der Waals surface area contributed by atoms with Gasteiger partial charge in [0.05, 0.1) is 24.5 Å². The van der Waals surface area contributed by atoms with Crippen LogP contribution in [0.2, 0.25) is 0 Å². The highest BCUT2D eigenvalue weighted by molar-refractivity contribution is 7.17. The molecule has 1 aliphatic rings. The molecule has 1 N–H and O–H groups in total. The van der Waals surface area contributed by atoms with Crippen molar-refractivity contribution in [2.45, 2.75) is 13.0 Å². The highest BCUT2D eigenvalue weighted by atomic mass is 35.5. The quantitative estimate of drug-likeness (QED) is 0.625. The Balaban J connectivity index is 0.00000160. The number of carbonyl (C=O) groups is 1. The second kappa shape index (κ2) is 10.7. The SMILES string of the molecule is COc1ccccc1C1CNCCN1C(=O)c1sc(-c2ccccn2)nc1C.Cl.Cl. The minimum atomic E-state index is -0.0859. The van der Waals surface area contributed by atoms with E-state index in [1.54, 1.807) is 13.3 Å². The number of aromatic nitrogens is 2. The summed E-state index contributed by atoms with van der Waals surface area (Å²) >= 11 is 1.41. The molecular formula is C21H24Cl2N4O2S. The van der Waals surface area contributed by atoms with Crippen LogP contribution in [0.4, 0.5) is 0 Å². The number of hydrogen-bond acceptors (Lipinski definition) is 6. The Labute approximate surface area is 192 Å². The Hall–Kier alpha value is -2.19. The third-order valence-corrected chi connectivity index (χ3v) is 6.04. The molecule has 0 spiro atoms. The van der Waals surface area contributed by atoms with Gasteiger partial charge in [-0.25, -0.2) is 4.98 Å². The van der Waals surface area contributed by atoms with E-state index in [-0.39, 0.29) is 36.8 Å². The molecule has 1 unspecified atom stereocenters. The maximum absolute atomic E-state index is 13.5. The average molecular weight is 467 g/mol. The van der Waals surface area contributed by atoms with E-state index in [2.05, 4.69) is 15.3 Å². The fraction of sp³-hybridized carbons (Fsp3) is 0.286. The summed E-state index contributed by atoms with van der Waals surface area (Å²) in [6.45, 7) is 3.98. The third kappa shape index (κ3) is 4.75. The summed E-state index contributed by atoms with van der Waals surface area (Å²) in [6.07, 6.45) is 1.74. The molecule has 1 fully saturated rings. The van der Waals surface area contributed by atoms with Crippen LogP contribution in [0.1, 0.15) is 27.0 Å². The van der Waals surface area contributed by atoms with Gasteiger partial charge in [0.1, 0.15) is 15.6 Å². The van der Waals surface area contributed by atoms with Crippen molar-refractivity contribution in [2.24, 2.45) is 0 Å². The Morgan fingerprint density at radius 3 is 2.70 bits per heavy atom. The first-order chi connectivity index (χ1) is 13.7. The largest absolute Gasteiger partial charge is 0.496 e. The lowest BCUT2D eigenvalue weighted by atomic mass is 10.0. The van der Waals surface area contributed by atoms with E-state index in [4.69, 9.17) is 4.74 Å². The van der Waals surface area contributed by atoms with Gasteiger partial charge < -0.3 is 15.0 Å². The van der Waals surface area contributed by atoms with Crippen molar-refractivity contribution in [1.82, 2.24) is 20.2 Å². The molecule has 3 aromatic rings. The number of thiazole rings is 1. The Kier molecular flexibility index (Phi) is 8.61. The lowest BCUT2D eigenvalue weighted by Crippen LogP contribution is -2.48. The zero-order chi connectivity index (χ0) is 19.5. The fourth-order valence-electron chi connectivity index (χ4n) is 3.49. The average Bonchev–Trinajstić information content (AvgIpc) is 3.15. The minimum Gasteiger partial charge on any atom is -0.496 e. The predicted octanol–water partition coefficient (Wildman–Crippen LogP) is 4.15. The standard InChI is InChI=1S/C21H22N4O2S.2ClH/c1-14-19(28-20(24-14)16-8-5-6-10-23-16)21(26)25-12-11-22-13-17(25)15-7-3-4-9-18(15)27-2;;/h3-10,17,22H,11-13H2,1-2H3;2*1H. The number of pyridine rings is 1. The number of nitrogens with zero attached hydrogens (tertiary/aromatic N) is 3. The van der Waals surface area contributed by atoms with Gasteiger partial charge in [0.2, 0.25) is 0 Å². The molecule has 0 radical (unpaired) electrons. The molecule has 6 nitrogen and oxygen atoms in total. The van der Waals surface area contributed by atoms with Gasteiger partial charge in [-0.1, -0.05) is 24.3 Å². The van der Waals surface area contributed by atoms with Crippen LogP contribution in [0.5, 0.6) is 5.75 Å². The second-order valence-electron chi connectivity index (χ2n) is 6.61. The summed E-state index contributed by atoms with van der Waals surface area (Å²) in [7, 11) is 1.66. The fourth-order valence-corrected chi connectivity index (χ4v) is 4.49. The number of nitrogens with one attached hydrogen (secondary N) is 1. The first-order valence-corrected chi connectivity index (χ1v) is 10.0. The molecule has 1 atom stereocenters. The van der Waals surface area contributed by atoms with E-state index in [0.717, 1.165) is 34.3 Å². The Morgan fingerprint density at radius 1 is 1.20 bits per heavy atom. The molecule has 4 rings (SSSR count). The summed E-state index contributed by atoms with van der Waals surface area (Å²) in [4.78, 5) is 25.0. The maximum Gasteiger partial charge on any atom is 0.266 e. The van der Waals surface area contributed by atoms with Gasteiger partial charge in [0.25, 0.3) is 5.91 Å². The van der Waals surface area contributed by atoms with Gasteiger partial charge in [0.15, 0.2) is 0 Å². The number of amides is 1. The van der Waals surface area contributed by atoms with Crippen molar-refractivity contribution in [2.75, 3.05) is 26.7 Å². The summed E-state index contributed by atoms with van der Waals surface area (Å²) < 4.78 is 5.53. The Bertz CT molecular complexity index is 984. The molecule has 0 saturated carbocycles. The summed E-state index contributed by atoms with van der Waals surface area (Å²) in [5.74, 6) is 0.804. The topological polar surface area (TPSA) is 67.3 Å². The molecule has 0 aliphatic carbocycles. The number of aryl methyl sites for hydroxylation is 1. The molecule has 0 bridgehead atoms. The minimum absolute atomic E-state index is 0. The van der Waals surface area contributed by atoms with Gasteiger partial charge in [-0.3, -0.25) is 9.78 Å².